The highest BCUT2D eigenvalue weighted by atomic mass is 35.5. The Morgan fingerprint density at radius 3 is 2.41 bits per heavy atom. The fourth-order valence-corrected chi connectivity index (χ4v) is 7.41. The minimum absolute atomic E-state index is 0.120. The molecule has 1 fully saturated rings. The average Bonchev–Trinajstić information content (AvgIpc) is 3.51. The lowest BCUT2D eigenvalue weighted by Crippen LogP contribution is -2.50. The number of fused-ring (bicyclic) bond motifs is 1. The van der Waals surface area contributed by atoms with E-state index in [-0.39, 0.29) is 23.2 Å². The quantitative estimate of drug-likeness (QED) is 0.560. The number of halogens is 1. The molecule has 1 saturated heterocycles. The molecule has 1 amide bonds. The number of benzene rings is 1. The van der Waals surface area contributed by atoms with Crippen molar-refractivity contribution in [3.8, 4) is 5.69 Å². The van der Waals surface area contributed by atoms with Crippen LogP contribution in [0.4, 0.5) is 0 Å². The van der Waals surface area contributed by atoms with E-state index in [0.29, 0.717) is 23.1 Å². The van der Waals surface area contributed by atoms with E-state index in [2.05, 4.69) is 0 Å². The molecule has 5 rings (SSSR count). The zero-order chi connectivity index (χ0) is 22.5. The van der Waals surface area contributed by atoms with Gasteiger partial charge in [-0.3, -0.25) is 4.79 Å². The van der Waals surface area contributed by atoms with Gasteiger partial charge in [0.25, 0.3) is 15.9 Å². The van der Waals surface area contributed by atoms with E-state index in [0.717, 1.165) is 47.5 Å². The summed E-state index contributed by atoms with van der Waals surface area (Å²) in [4.78, 5) is 15.1. The van der Waals surface area contributed by atoms with Crippen LogP contribution in [0.3, 0.4) is 0 Å². The zero-order valence-corrected chi connectivity index (χ0v) is 20.0. The second kappa shape index (κ2) is 8.30. The van der Waals surface area contributed by atoms with Gasteiger partial charge in [0.1, 0.15) is 4.21 Å². The highest BCUT2D eigenvalue weighted by Crippen LogP contribution is 2.30. The highest BCUT2D eigenvalue weighted by Gasteiger charge is 2.34. The molecule has 168 valence electrons. The number of piperazine rings is 1. The van der Waals surface area contributed by atoms with Crippen molar-refractivity contribution in [2.75, 3.05) is 26.2 Å². The van der Waals surface area contributed by atoms with Gasteiger partial charge in [0.05, 0.1) is 10.0 Å². The summed E-state index contributed by atoms with van der Waals surface area (Å²) in [5.74, 6) is -0.120. The molecule has 2 aliphatic rings. The Balaban J connectivity index is 1.35. The van der Waals surface area contributed by atoms with Crippen molar-refractivity contribution >= 4 is 38.9 Å². The minimum atomic E-state index is -3.59. The van der Waals surface area contributed by atoms with Crippen molar-refractivity contribution in [3.05, 3.63) is 63.2 Å². The number of hydrogen-bond acceptors (Lipinski definition) is 5. The first kappa shape index (κ1) is 21.6. The van der Waals surface area contributed by atoms with Gasteiger partial charge in [-0.15, -0.1) is 11.3 Å². The van der Waals surface area contributed by atoms with Gasteiger partial charge < -0.3 is 4.90 Å². The fourth-order valence-electron chi connectivity index (χ4n) is 4.35. The van der Waals surface area contributed by atoms with Crippen molar-refractivity contribution < 1.29 is 13.2 Å². The van der Waals surface area contributed by atoms with E-state index in [4.69, 9.17) is 16.7 Å². The summed E-state index contributed by atoms with van der Waals surface area (Å²) in [6, 6.07) is 11.2. The first-order valence-electron chi connectivity index (χ1n) is 10.6. The number of aromatic nitrogens is 2. The molecule has 1 aliphatic carbocycles. The summed E-state index contributed by atoms with van der Waals surface area (Å²) < 4.78 is 29.7. The molecule has 3 aromatic rings. The Hall–Kier alpha value is -2.20. The molecule has 1 aliphatic heterocycles. The van der Waals surface area contributed by atoms with Gasteiger partial charge in [0.2, 0.25) is 0 Å². The van der Waals surface area contributed by atoms with E-state index in [1.807, 2.05) is 35.9 Å². The summed E-state index contributed by atoms with van der Waals surface area (Å²) in [6.07, 6.45) is 2.75. The molecule has 7 nitrogen and oxygen atoms in total. The lowest BCUT2D eigenvalue weighted by atomic mass is 10.1. The summed E-state index contributed by atoms with van der Waals surface area (Å²) in [7, 11) is -3.59. The Bertz CT molecular complexity index is 1270. The minimum Gasteiger partial charge on any atom is -0.335 e. The lowest BCUT2D eigenvalue weighted by molar-refractivity contribution is 0.0690. The molecule has 10 heteroatoms. The van der Waals surface area contributed by atoms with E-state index in [9.17, 15) is 13.2 Å². The summed E-state index contributed by atoms with van der Waals surface area (Å²) in [5.41, 5.74) is 4.76. The summed E-state index contributed by atoms with van der Waals surface area (Å²) >= 11 is 6.96. The molecule has 1 aromatic carbocycles. The van der Waals surface area contributed by atoms with Crippen LogP contribution >= 0.6 is 22.9 Å². The average molecular weight is 491 g/mol. The number of sulfonamides is 1. The van der Waals surface area contributed by atoms with Gasteiger partial charge in [0.15, 0.2) is 5.69 Å². The van der Waals surface area contributed by atoms with Gasteiger partial charge in [-0.25, -0.2) is 13.1 Å². The second-order valence-corrected chi connectivity index (χ2v) is 12.0. The molecule has 0 atom stereocenters. The molecule has 0 N–H and O–H groups in total. The van der Waals surface area contributed by atoms with Crippen LogP contribution in [0.2, 0.25) is 4.34 Å². The Morgan fingerprint density at radius 2 is 1.75 bits per heavy atom. The van der Waals surface area contributed by atoms with Crippen molar-refractivity contribution in [1.82, 2.24) is 19.0 Å². The normalized spacial score (nSPS) is 17.0. The van der Waals surface area contributed by atoms with Gasteiger partial charge in [-0.1, -0.05) is 29.3 Å². The summed E-state index contributed by atoms with van der Waals surface area (Å²) in [5, 5.41) is 4.71. The highest BCUT2D eigenvalue weighted by molar-refractivity contribution is 7.91. The van der Waals surface area contributed by atoms with Crippen molar-refractivity contribution in [3.63, 3.8) is 0 Å². The van der Waals surface area contributed by atoms with Crippen LogP contribution in [0.15, 0.2) is 40.6 Å². The van der Waals surface area contributed by atoms with Crippen molar-refractivity contribution in [1.29, 1.82) is 0 Å². The van der Waals surface area contributed by atoms with Crippen LogP contribution < -0.4 is 0 Å². The smallest absolute Gasteiger partial charge is 0.274 e. The largest absolute Gasteiger partial charge is 0.335 e. The zero-order valence-electron chi connectivity index (χ0n) is 17.6. The van der Waals surface area contributed by atoms with E-state index in [1.54, 1.807) is 11.0 Å². The van der Waals surface area contributed by atoms with Gasteiger partial charge in [-0.05, 0) is 50.5 Å². The Kier molecular flexibility index (Phi) is 5.61. The topological polar surface area (TPSA) is 75.5 Å². The lowest BCUT2D eigenvalue weighted by Gasteiger charge is -2.33. The van der Waals surface area contributed by atoms with Crippen LogP contribution in [0.1, 0.15) is 33.7 Å². The van der Waals surface area contributed by atoms with Crippen LogP contribution in [0, 0.1) is 6.92 Å². The number of hydrogen-bond donors (Lipinski definition) is 0. The molecule has 3 heterocycles. The number of amides is 1. The van der Waals surface area contributed by atoms with E-state index in [1.165, 1.54) is 15.9 Å². The van der Waals surface area contributed by atoms with E-state index >= 15 is 0 Å². The summed E-state index contributed by atoms with van der Waals surface area (Å²) in [6.45, 7) is 3.22. The number of carbonyl (C=O) groups excluding carboxylic acids is 1. The molecule has 32 heavy (non-hydrogen) atoms. The molecule has 0 spiro atoms. The standard InChI is InChI=1S/C22H23ClN4O3S2/c1-15-5-7-16(8-6-15)27-18-4-2-3-17(18)21(24-27)22(28)25-11-13-26(14-12-25)32(29,30)20-10-9-19(23)31-20/h5-10H,2-4,11-14H2,1H3. The van der Waals surface area contributed by atoms with Gasteiger partial charge >= 0.3 is 0 Å². The van der Waals surface area contributed by atoms with Gasteiger partial charge in [-0.2, -0.15) is 9.40 Å². The number of rotatable bonds is 4. The van der Waals surface area contributed by atoms with E-state index < -0.39 is 10.0 Å². The molecular weight excluding hydrogens is 468 g/mol. The maximum absolute atomic E-state index is 13.4. The maximum Gasteiger partial charge on any atom is 0.274 e. The molecule has 0 bridgehead atoms. The van der Waals surface area contributed by atoms with Crippen molar-refractivity contribution in [2.24, 2.45) is 0 Å². The predicted molar refractivity (Wildman–Crippen MR) is 124 cm³/mol. The van der Waals surface area contributed by atoms with Crippen LogP contribution in [0.5, 0.6) is 0 Å². The predicted octanol–water partition coefficient (Wildman–Crippen LogP) is 3.53. The molecule has 0 saturated carbocycles. The Labute approximate surface area is 196 Å². The van der Waals surface area contributed by atoms with Gasteiger partial charge in [0, 0.05) is 37.4 Å². The molecule has 2 aromatic heterocycles. The van der Waals surface area contributed by atoms with Crippen LogP contribution in [-0.2, 0) is 22.9 Å². The first-order chi connectivity index (χ1) is 15.3. The number of nitrogens with zero attached hydrogens (tertiary/aromatic N) is 4. The number of thiophene rings is 1. The first-order valence-corrected chi connectivity index (χ1v) is 13.2. The monoisotopic (exact) mass is 490 g/mol. The second-order valence-electron chi connectivity index (χ2n) is 8.13. The Morgan fingerprint density at radius 1 is 1.03 bits per heavy atom. The van der Waals surface area contributed by atoms with Crippen LogP contribution in [0.25, 0.3) is 5.69 Å². The fraction of sp³-hybridized carbons (Fsp3) is 0.364. The third-order valence-corrected chi connectivity index (χ3v) is 9.68. The third-order valence-electron chi connectivity index (χ3n) is 6.08. The SMILES string of the molecule is Cc1ccc(-n2nc(C(=O)N3CCN(S(=O)(=O)c4ccc(Cl)s4)CC3)c3c2CCC3)cc1. The van der Waals surface area contributed by atoms with Crippen LogP contribution in [-0.4, -0.2) is 59.5 Å². The molecule has 0 unspecified atom stereocenters. The maximum atomic E-state index is 13.4. The number of carbonyl (C=O) groups is 1. The molecular formula is C22H23ClN4O3S2. The third kappa shape index (κ3) is 3.77. The number of aryl methyl sites for hydroxylation is 1. The molecule has 0 radical (unpaired) electrons. The van der Waals surface area contributed by atoms with Crippen molar-refractivity contribution in [2.45, 2.75) is 30.4 Å².